The fourth-order valence-electron chi connectivity index (χ4n) is 6.06. The van der Waals surface area contributed by atoms with Gasteiger partial charge in [-0.05, 0) is 73.1 Å². The Kier molecular flexibility index (Phi) is 3.81. The second-order valence-corrected chi connectivity index (χ2v) is 9.96. The van der Waals surface area contributed by atoms with Crippen molar-refractivity contribution in [3.05, 3.63) is 28.8 Å². The van der Waals surface area contributed by atoms with Crippen molar-refractivity contribution in [3.8, 4) is 5.75 Å². The van der Waals surface area contributed by atoms with Crippen molar-refractivity contribution in [2.24, 2.45) is 17.3 Å². The highest BCUT2D eigenvalue weighted by Gasteiger charge is 2.54. The molecule has 4 rings (SSSR count). The maximum atomic E-state index is 12.5. The predicted octanol–water partition coefficient (Wildman–Crippen LogP) is 4.02. The summed E-state index contributed by atoms with van der Waals surface area (Å²) in [6.07, 6.45) is 6.29. The first-order valence-electron chi connectivity index (χ1n) is 9.87. The Morgan fingerprint density at radius 3 is 2.64 bits per heavy atom. The number of fused-ring (bicyclic) bond motifs is 5. The Balaban J connectivity index is 1.70. The minimum absolute atomic E-state index is 0.0548. The quantitative estimate of drug-likeness (QED) is 0.824. The third-order valence-electron chi connectivity index (χ3n) is 7.28. The average Bonchev–Trinajstić information content (AvgIpc) is 2.82. The van der Waals surface area contributed by atoms with Crippen LogP contribution in [0.4, 0.5) is 0 Å². The number of aryl methyl sites for hydroxylation is 1. The number of hydrogen-bond acceptors (Lipinski definition) is 2. The van der Waals surface area contributed by atoms with E-state index >= 15 is 0 Å². The van der Waals surface area contributed by atoms with Crippen LogP contribution in [0.25, 0.3) is 0 Å². The zero-order valence-electron chi connectivity index (χ0n) is 16.1. The summed E-state index contributed by atoms with van der Waals surface area (Å²) in [5.41, 5.74) is 3.83. The standard InChI is InChI=1S/C22H31NO2/c1-22-10-9-16-17(19(22)7-8-21(22)25)6-5-14-12-20(24)15(11-18(14)16)13-23(2,3)4/h11-12,16-17,19H,5-10,13H2,1-4H3/p+1/t16-,17+,19-,22-/m0/s1. The highest BCUT2D eigenvalue weighted by atomic mass is 16.3. The summed E-state index contributed by atoms with van der Waals surface area (Å²) in [7, 11) is 6.49. The molecule has 1 aromatic rings. The number of Topliss-reactive ketones (excluding diaryl/α,β-unsaturated/α-hetero) is 1. The van der Waals surface area contributed by atoms with E-state index in [-0.39, 0.29) is 5.41 Å². The maximum absolute atomic E-state index is 12.5. The molecule has 0 unspecified atom stereocenters. The van der Waals surface area contributed by atoms with Gasteiger partial charge >= 0.3 is 0 Å². The van der Waals surface area contributed by atoms with Crippen molar-refractivity contribution in [1.29, 1.82) is 0 Å². The van der Waals surface area contributed by atoms with Crippen molar-refractivity contribution < 1.29 is 14.4 Å². The number of carbonyl (C=O) groups excluding carboxylic acids is 1. The molecule has 0 saturated heterocycles. The number of hydrogen-bond donors (Lipinski definition) is 1. The highest BCUT2D eigenvalue weighted by molar-refractivity contribution is 5.87. The largest absolute Gasteiger partial charge is 0.507 e. The van der Waals surface area contributed by atoms with E-state index in [9.17, 15) is 9.90 Å². The van der Waals surface area contributed by atoms with E-state index < -0.39 is 0 Å². The lowest BCUT2D eigenvalue weighted by molar-refractivity contribution is -0.884. The van der Waals surface area contributed by atoms with Crippen LogP contribution in [-0.2, 0) is 17.8 Å². The van der Waals surface area contributed by atoms with Gasteiger partial charge in [-0.3, -0.25) is 4.79 Å². The number of quaternary nitrogens is 1. The monoisotopic (exact) mass is 342 g/mol. The second kappa shape index (κ2) is 5.57. The van der Waals surface area contributed by atoms with E-state index in [0.717, 1.165) is 48.7 Å². The Hall–Kier alpha value is -1.35. The molecule has 2 fully saturated rings. The lowest BCUT2D eigenvalue weighted by Gasteiger charge is -2.48. The van der Waals surface area contributed by atoms with Crippen molar-refractivity contribution in [1.82, 2.24) is 0 Å². The van der Waals surface area contributed by atoms with Gasteiger partial charge in [-0.2, -0.15) is 0 Å². The van der Waals surface area contributed by atoms with Crippen LogP contribution in [0.15, 0.2) is 12.1 Å². The molecule has 0 amide bonds. The molecule has 2 saturated carbocycles. The highest BCUT2D eigenvalue weighted by Crippen LogP contribution is 2.59. The second-order valence-electron chi connectivity index (χ2n) is 9.96. The van der Waals surface area contributed by atoms with Crippen LogP contribution in [-0.4, -0.2) is 36.5 Å². The van der Waals surface area contributed by atoms with E-state index in [1.165, 1.54) is 17.5 Å². The Labute approximate surface area is 151 Å². The van der Waals surface area contributed by atoms with Gasteiger partial charge in [0.2, 0.25) is 0 Å². The zero-order valence-corrected chi connectivity index (χ0v) is 16.1. The van der Waals surface area contributed by atoms with E-state index in [4.69, 9.17) is 0 Å². The van der Waals surface area contributed by atoms with Gasteiger partial charge in [-0.15, -0.1) is 0 Å². The van der Waals surface area contributed by atoms with Crippen LogP contribution in [0.2, 0.25) is 0 Å². The first-order chi connectivity index (χ1) is 11.7. The Morgan fingerprint density at radius 2 is 1.92 bits per heavy atom. The van der Waals surface area contributed by atoms with Crippen molar-refractivity contribution in [3.63, 3.8) is 0 Å². The normalized spacial score (nSPS) is 34.4. The first-order valence-corrected chi connectivity index (χ1v) is 9.87. The van der Waals surface area contributed by atoms with Crippen LogP contribution >= 0.6 is 0 Å². The number of aromatic hydroxyl groups is 1. The van der Waals surface area contributed by atoms with Crippen molar-refractivity contribution in [2.45, 2.75) is 57.9 Å². The minimum atomic E-state index is -0.0548. The van der Waals surface area contributed by atoms with Crippen LogP contribution in [0, 0.1) is 17.3 Å². The van der Waals surface area contributed by atoms with Gasteiger partial charge in [0.05, 0.1) is 21.1 Å². The molecule has 3 nitrogen and oxygen atoms in total. The third kappa shape index (κ3) is 2.71. The predicted molar refractivity (Wildman–Crippen MR) is 99.5 cm³/mol. The van der Waals surface area contributed by atoms with Gasteiger partial charge in [0.1, 0.15) is 18.1 Å². The van der Waals surface area contributed by atoms with Crippen LogP contribution in [0.3, 0.4) is 0 Å². The molecule has 4 atom stereocenters. The van der Waals surface area contributed by atoms with Gasteiger partial charge in [0.15, 0.2) is 0 Å². The molecular weight excluding hydrogens is 310 g/mol. The number of nitrogens with zero attached hydrogens (tertiary/aromatic N) is 1. The molecular formula is C22H32NO2+. The molecule has 0 bridgehead atoms. The molecule has 3 aliphatic carbocycles. The molecule has 3 aliphatic rings. The smallest absolute Gasteiger partial charge is 0.139 e. The molecule has 1 aromatic carbocycles. The van der Waals surface area contributed by atoms with E-state index in [1.807, 2.05) is 6.07 Å². The zero-order chi connectivity index (χ0) is 18.0. The number of rotatable bonds is 2. The number of phenols is 1. The lowest BCUT2D eigenvalue weighted by Crippen LogP contribution is -2.42. The number of benzene rings is 1. The molecule has 0 spiro atoms. The van der Waals surface area contributed by atoms with Gasteiger partial charge in [-0.1, -0.05) is 6.92 Å². The van der Waals surface area contributed by atoms with Crippen molar-refractivity contribution in [2.75, 3.05) is 21.1 Å². The lowest BCUT2D eigenvalue weighted by atomic mass is 9.55. The van der Waals surface area contributed by atoms with E-state index in [1.54, 1.807) is 0 Å². The average molecular weight is 343 g/mol. The fraction of sp³-hybridized carbons (Fsp3) is 0.682. The number of phenolic OH excluding ortho intramolecular Hbond substituents is 1. The van der Waals surface area contributed by atoms with Crippen LogP contribution < -0.4 is 0 Å². The van der Waals surface area contributed by atoms with Crippen LogP contribution in [0.1, 0.15) is 61.6 Å². The SMILES string of the molecule is C[C@]12CC[C@@H]3c4cc(C[N+](C)(C)C)c(O)cc4CC[C@H]3[C@@H]1CCC2=O. The van der Waals surface area contributed by atoms with Crippen LogP contribution in [0.5, 0.6) is 5.75 Å². The molecule has 1 N–H and O–H groups in total. The first kappa shape index (κ1) is 17.1. The Morgan fingerprint density at radius 1 is 1.16 bits per heavy atom. The summed E-state index contributed by atoms with van der Waals surface area (Å²) in [6, 6.07) is 4.33. The maximum Gasteiger partial charge on any atom is 0.139 e. The fourth-order valence-corrected chi connectivity index (χ4v) is 6.06. The Bertz CT molecular complexity index is 717. The van der Waals surface area contributed by atoms with Gasteiger partial charge < -0.3 is 9.59 Å². The molecule has 0 heterocycles. The summed E-state index contributed by atoms with van der Waals surface area (Å²) < 4.78 is 0.815. The summed E-state index contributed by atoms with van der Waals surface area (Å²) in [5.74, 6) is 2.78. The third-order valence-corrected chi connectivity index (χ3v) is 7.28. The van der Waals surface area contributed by atoms with Gasteiger partial charge in [0.25, 0.3) is 0 Å². The van der Waals surface area contributed by atoms with Gasteiger partial charge in [0, 0.05) is 17.4 Å². The topological polar surface area (TPSA) is 37.3 Å². The molecule has 25 heavy (non-hydrogen) atoms. The molecule has 136 valence electrons. The summed E-state index contributed by atoms with van der Waals surface area (Å²) in [6.45, 7) is 3.08. The van der Waals surface area contributed by atoms with E-state index in [2.05, 4.69) is 34.1 Å². The summed E-state index contributed by atoms with van der Waals surface area (Å²) in [4.78, 5) is 12.5. The van der Waals surface area contributed by atoms with Crippen molar-refractivity contribution >= 4 is 5.78 Å². The van der Waals surface area contributed by atoms with Gasteiger partial charge in [-0.25, -0.2) is 0 Å². The molecule has 3 heteroatoms. The molecule has 0 aromatic heterocycles. The molecule has 0 aliphatic heterocycles. The summed E-state index contributed by atoms with van der Waals surface area (Å²) >= 11 is 0. The molecule has 0 radical (unpaired) electrons. The number of ketones is 1. The van der Waals surface area contributed by atoms with E-state index in [0.29, 0.717) is 29.3 Å². The number of carbonyl (C=O) groups is 1. The summed E-state index contributed by atoms with van der Waals surface area (Å²) in [5, 5.41) is 10.5. The minimum Gasteiger partial charge on any atom is -0.507 e.